The molecular weight excluding hydrogens is 400 g/mol. The minimum absolute atomic E-state index is 0.240. The third-order valence-corrected chi connectivity index (χ3v) is 18.1. The molecule has 180 valence electrons. The quantitative estimate of drug-likeness (QED) is 0.147. The van der Waals surface area contributed by atoms with Gasteiger partial charge in [-0.15, -0.1) is 0 Å². The van der Waals surface area contributed by atoms with Gasteiger partial charge in [-0.2, -0.15) is 0 Å². The molecule has 0 fully saturated rings. The fourth-order valence-corrected chi connectivity index (χ4v) is 11.1. The van der Waals surface area contributed by atoms with Crippen molar-refractivity contribution in [3.8, 4) is 0 Å². The van der Waals surface area contributed by atoms with Crippen LogP contribution in [0.25, 0.3) is 0 Å². The van der Waals surface area contributed by atoms with Crippen LogP contribution in [0, 0.1) is 0 Å². The van der Waals surface area contributed by atoms with Crippen LogP contribution in [0.5, 0.6) is 0 Å². The molecule has 0 heterocycles. The Morgan fingerprint density at radius 1 is 0.867 bits per heavy atom. The molecule has 0 aliphatic rings. The summed E-state index contributed by atoms with van der Waals surface area (Å²) in [5.74, 6) is 0. The third-order valence-electron chi connectivity index (χ3n) is 7.54. The second-order valence-electron chi connectivity index (χ2n) is 11.8. The van der Waals surface area contributed by atoms with E-state index in [9.17, 15) is 0 Å². The number of hydrogen-bond acceptors (Lipinski definition) is 2. The molecule has 30 heavy (non-hydrogen) atoms. The average Bonchev–Trinajstić information content (AvgIpc) is 2.58. The molecule has 0 rings (SSSR count). The van der Waals surface area contributed by atoms with Gasteiger partial charge in [-0.1, -0.05) is 101 Å². The van der Waals surface area contributed by atoms with Crippen LogP contribution >= 0.6 is 0 Å². The maximum atomic E-state index is 7.24. The van der Waals surface area contributed by atoms with Crippen molar-refractivity contribution in [2.24, 2.45) is 0 Å². The summed E-state index contributed by atoms with van der Waals surface area (Å²) < 4.78 is 13.7. The summed E-state index contributed by atoms with van der Waals surface area (Å²) in [6, 6.07) is 0. The molecule has 0 bridgehead atoms. The van der Waals surface area contributed by atoms with E-state index in [0.717, 1.165) is 13.0 Å². The first-order valence-electron chi connectivity index (χ1n) is 12.6. The highest BCUT2D eigenvalue weighted by Crippen LogP contribution is 2.44. The zero-order chi connectivity index (χ0) is 23.8. The first kappa shape index (κ1) is 30.1. The van der Waals surface area contributed by atoms with E-state index in [1.165, 1.54) is 31.3 Å². The topological polar surface area (TPSA) is 18.5 Å². The summed E-state index contributed by atoms with van der Waals surface area (Å²) in [5.41, 5.74) is 3.23. The zero-order valence-electron chi connectivity index (χ0n) is 22.9. The highest BCUT2D eigenvalue weighted by molar-refractivity contribution is 6.77. The first-order valence-corrected chi connectivity index (χ1v) is 17.7. The third kappa shape index (κ3) is 8.56. The van der Waals surface area contributed by atoms with E-state index in [1.54, 1.807) is 0 Å². The Labute approximate surface area is 192 Å². The average molecular weight is 457 g/mol. The van der Waals surface area contributed by atoms with Gasteiger partial charge >= 0.3 is 0 Å². The lowest BCUT2D eigenvalue weighted by Gasteiger charge is -2.45. The lowest BCUT2D eigenvalue weighted by molar-refractivity contribution is 0.190. The van der Waals surface area contributed by atoms with Crippen molar-refractivity contribution in [3.63, 3.8) is 0 Å². The van der Waals surface area contributed by atoms with E-state index in [0.29, 0.717) is 16.6 Å². The van der Waals surface area contributed by atoms with Crippen LogP contribution in [0.1, 0.15) is 108 Å². The van der Waals surface area contributed by atoms with Crippen molar-refractivity contribution in [2.45, 2.75) is 149 Å². The predicted octanol–water partition coefficient (Wildman–Crippen LogP) is 9.49. The van der Waals surface area contributed by atoms with E-state index in [-0.39, 0.29) is 11.1 Å². The Balaban J connectivity index is 5.59. The Kier molecular flexibility index (Phi) is 13.0. The molecule has 0 aliphatic heterocycles. The van der Waals surface area contributed by atoms with Crippen molar-refractivity contribution in [2.75, 3.05) is 6.61 Å². The summed E-state index contributed by atoms with van der Waals surface area (Å²) in [6.45, 7) is 31.2. The molecule has 0 aliphatic carbocycles. The van der Waals surface area contributed by atoms with Crippen LogP contribution in [0.15, 0.2) is 11.6 Å². The van der Waals surface area contributed by atoms with E-state index in [2.05, 4.69) is 95.3 Å². The lowest BCUT2D eigenvalue weighted by Crippen LogP contribution is -2.50. The summed E-state index contributed by atoms with van der Waals surface area (Å²) in [7, 11) is -3.62. The Hall–Kier alpha value is 0.0938. The molecule has 0 aromatic rings. The fraction of sp³-hybridized carbons (Fsp3) is 0.923. The molecule has 0 saturated carbocycles. The minimum Gasteiger partial charge on any atom is -0.413 e. The molecule has 0 aromatic carbocycles. The number of unbranched alkanes of at least 4 members (excludes halogenated alkanes) is 3. The van der Waals surface area contributed by atoms with Gasteiger partial charge in [0.25, 0.3) is 0 Å². The monoisotopic (exact) mass is 456 g/mol. The smallest absolute Gasteiger partial charge is 0.201 e. The predicted molar refractivity (Wildman–Crippen MR) is 142 cm³/mol. The molecule has 0 radical (unpaired) electrons. The van der Waals surface area contributed by atoms with E-state index in [4.69, 9.17) is 8.85 Å². The van der Waals surface area contributed by atoms with E-state index < -0.39 is 16.6 Å². The van der Waals surface area contributed by atoms with Gasteiger partial charge in [0.2, 0.25) is 8.32 Å². The van der Waals surface area contributed by atoms with Gasteiger partial charge in [0.15, 0.2) is 8.32 Å². The van der Waals surface area contributed by atoms with Crippen molar-refractivity contribution >= 4 is 16.6 Å². The zero-order valence-corrected chi connectivity index (χ0v) is 24.9. The minimum atomic E-state index is -1.90. The van der Waals surface area contributed by atoms with Crippen LogP contribution in [0.4, 0.5) is 0 Å². The number of rotatable bonds is 14. The van der Waals surface area contributed by atoms with Gasteiger partial charge in [0.1, 0.15) is 0 Å². The molecule has 0 spiro atoms. The summed E-state index contributed by atoms with van der Waals surface area (Å²) >= 11 is 0. The van der Waals surface area contributed by atoms with Gasteiger partial charge in [-0.25, -0.2) is 0 Å². The Morgan fingerprint density at radius 3 is 1.77 bits per heavy atom. The summed E-state index contributed by atoms with van der Waals surface area (Å²) in [5, 5.41) is 0.250. The molecule has 1 atom stereocenters. The summed E-state index contributed by atoms with van der Waals surface area (Å²) in [4.78, 5) is 0. The highest BCUT2D eigenvalue weighted by Gasteiger charge is 2.46. The summed E-state index contributed by atoms with van der Waals surface area (Å²) in [6.07, 6.45) is 8.88. The van der Waals surface area contributed by atoms with Gasteiger partial charge in [0.05, 0.1) is 12.7 Å². The second-order valence-corrected chi connectivity index (χ2v) is 22.0. The molecular formula is C26H56O2Si2. The normalized spacial score (nSPS) is 15.5. The van der Waals surface area contributed by atoms with E-state index in [1.807, 2.05) is 0 Å². The molecule has 2 nitrogen and oxygen atoms in total. The van der Waals surface area contributed by atoms with Crippen LogP contribution < -0.4 is 0 Å². The van der Waals surface area contributed by atoms with Crippen molar-refractivity contribution < 1.29 is 8.85 Å². The fourth-order valence-electron chi connectivity index (χ4n) is 4.52. The standard InChI is InChI=1S/C26H56O2Si2/c1-14-15-16-17-18-25(28-30(21(2)3,22(4)5)23(6)7)24(8)19-20-27-29(12,13)26(9,10)11/h19,21-23,25H,14-18,20H2,1-13H3/b24-19+. The van der Waals surface area contributed by atoms with Crippen molar-refractivity contribution in [1.29, 1.82) is 0 Å². The van der Waals surface area contributed by atoms with Gasteiger partial charge in [-0.3, -0.25) is 0 Å². The second kappa shape index (κ2) is 13.0. The molecule has 0 N–H and O–H groups in total. The van der Waals surface area contributed by atoms with Gasteiger partial charge in [-0.05, 0) is 53.7 Å². The Morgan fingerprint density at radius 2 is 1.37 bits per heavy atom. The maximum Gasteiger partial charge on any atom is 0.201 e. The van der Waals surface area contributed by atoms with Crippen molar-refractivity contribution in [1.82, 2.24) is 0 Å². The largest absolute Gasteiger partial charge is 0.413 e. The van der Waals surface area contributed by atoms with Gasteiger partial charge < -0.3 is 8.85 Å². The van der Waals surface area contributed by atoms with Crippen LogP contribution in [-0.4, -0.2) is 29.3 Å². The molecule has 0 aromatic heterocycles. The maximum absolute atomic E-state index is 7.24. The molecule has 0 saturated heterocycles. The molecule has 4 heteroatoms. The first-order chi connectivity index (χ1) is 13.6. The van der Waals surface area contributed by atoms with Crippen molar-refractivity contribution in [3.05, 3.63) is 11.6 Å². The molecule has 1 unspecified atom stereocenters. The molecule has 0 amide bonds. The number of hydrogen-bond donors (Lipinski definition) is 0. The van der Waals surface area contributed by atoms with Crippen LogP contribution in [-0.2, 0) is 8.85 Å². The SMILES string of the molecule is CCCCCCC(O[Si](C(C)C)(C(C)C)C(C)C)/C(C)=C/CO[Si](C)(C)C(C)(C)C. The highest BCUT2D eigenvalue weighted by atomic mass is 28.4. The van der Waals surface area contributed by atoms with E-state index >= 15 is 0 Å². The Bertz CT molecular complexity index is 480. The lowest BCUT2D eigenvalue weighted by atomic mass is 10.0. The van der Waals surface area contributed by atoms with Crippen LogP contribution in [0.3, 0.4) is 0 Å². The van der Waals surface area contributed by atoms with Crippen LogP contribution in [0.2, 0.25) is 34.8 Å². The van der Waals surface area contributed by atoms with Gasteiger partial charge in [0, 0.05) is 0 Å².